The second kappa shape index (κ2) is 11.5. The Labute approximate surface area is 190 Å². The van der Waals surface area contributed by atoms with Crippen LogP contribution in [0.25, 0.3) is 0 Å². The summed E-state index contributed by atoms with van der Waals surface area (Å²) in [6, 6.07) is 0. The summed E-state index contributed by atoms with van der Waals surface area (Å²) in [6.07, 6.45) is 9.14. The maximum absolute atomic E-state index is 12.2. The van der Waals surface area contributed by atoms with Gasteiger partial charge in [0.15, 0.2) is 0 Å². The van der Waals surface area contributed by atoms with Gasteiger partial charge in [-0.2, -0.15) is 4.98 Å². The van der Waals surface area contributed by atoms with Crippen LogP contribution in [0.15, 0.2) is 4.52 Å². The number of carboxylic acids is 1. The van der Waals surface area contributed by atoms with Crippen LogP contribution in [0.3, 0.4) is 0 Å². The molecular formula is C21H36ClN3O5S. The molecule has 8 nitrogen and oxygen atoms in total. The van der Waals surface area contributed by atoms with Gasteiger partial charge in [0.1, 0.15) is 0 Å². The minimum Gasteiger partial charge on any atom is -0.481 e. The smallest absolute Gasteiger partial charge is 0.307 e. The number of aromatic nitrogens is 2. The first-order chi connectivity index (χ1) is 14.5. The van der Waals surface area contributed by atoms with Crippen LogP contribution in [0.1, 0.15) is 90.4 Å². The lowest BCUT2D eigenvalue weighted by atomic mass is 9.71. The molecule has 1 aromatic heterocycles. The van der Waals surface area contributed by atoms with Crippen molar-refractivity contribution in [3.8, 4) is 0 Å². The fraction of sp³-hybridized carbons (Fsp3) is 0.857. The van der Waals surface area contributed by atoms with Crippen molar-refractivity contribution >= 4 is 33.5 Å². The first-order valence-electron chi connectivity index (χ1n) is 11.2. The number of alkyl halides is 1. The van der Waals surface area contributed by atoms with Gasteiger partial charge in [0.2, 0.25) is 15.9 Å². The highest BCUT2D eigenvalue weighted by Gasteiger charge is 2.41. The van der Waals surface area contributed by atoms with Crippen LogP contribution < -0.4 is 4.72 Å². The largest absolute Gasteiger partial charge is 0.481 e. The van der Waals surface area contributed by atoms with Crippen LogP contribution in [0.4, 0.5) is 5.95 Å². The standard InChI is InChI=1S/C21H36ClN3O5S/c1-21(2,3)17(19(26)27)16(12-7-11-15-9-5-4-6-10-15)18-23-20(24-30-18)25-31(28,29)14-8-13-22/h15-17H,4-14H2,1-3H3,(H,24,25)(H,26,27)/t16-,17?/m1/s1. The molecule has 1 aliphatic carbocycles. The van der Waals surface area contributed by atoms with E-state index in [1.54, 1.807) is 0 Å². The van der Waals surface area contributed by atoms with Crippen molar-refractivity contribution in [2.24, 2.45) is 17.3 Å². The summed E-state index contributed by atoms with van der Waals surface area (Å²) in [6.45, 7) is 5.64. The summed E-state index contributed by atoms with van der Waals surface area (Å²) in [5.74, 6) is -1.37. The van der Waals surface area contributed by atoms with Gasteiger partial charge in [0, 0.05) is 5.88 Å². The van der Waals surface area contributed by atoms with Gasteiger partial charge in [-0.15, -0.1) is 11.6 Å². The molecule has 2 atom stereocenters. The molecule has 1 unspecified atom stereocenters. The molecule has 2 rings (SSSR count). The molecule has 0 aromatic carbocycles. The predicted octanol–water partition coefficient (Wildman–Crippen LogP) is 5.02. The van der Waals surface area contributed by atoms with Gasteiger partial charge in [-0.05, 0) is 29.3 Å². The van der Waals surface area contributed by atoms with Gasteiger partial charge in [-0.25, -0.2) is 13.1 Å². The zero-order valence-electron chi connectivity index (χ0n) is 18.8. The number of rotatable bonds is 12. The number of hydrogen-bond acceptors (Lipinski definition) is 6. The lowest BCUT2D eigenvalue weighted by Gasteiger charge is -2.32. The maximum Gasteiger partial charge on any atom is 0.307 e. The van der Waals surface area contributed by atoms with Crippen LogP contribution in [0, 0.1) is 17.3 Å². The summed E-state index contributed by atoms with van der Waals surface area (Å²) >= 11 is 5.57. The van der Waals surface area contributed by atoms with Gasteiger partial charge in [0.05, 0.1) is 17.6 Å². The molecule has 178 valence electrons. The Morgan fingerprint density at radius 1 is 1.26 bits per heavy atom. The third-order valence-corrected chi connectivity index (χ3v) is 7.59. The topological polar surface area (TPSA) is 122 Å². The normalized spacial score (nSPS) is 17.9. The molecule has 1 aromatic rings. The Kier molecular flexibility index (Phi) is 9.61. The van der Waals surface area contributed by atoms with Crippen molar-refractivity contribution in [1.82, 2.24) is 10.1 Å². The van der Waals surface area contributed by atoms with Gasteiger partial charge in [-0.3, -0.25) is 4.79 Å². The average molecular weight is 478 g/mol. The lowest BCUT2D eigenvalue weighted by molar-refractivity contribution is -0.147. The van der Waals surface area contributed by atoms with Crippen molar-refractivity contribution in [2.75, 3.05) is 16.4 Å². The summed E-state index contributed by atoms with van der Waals surface area (Å²) in [7, 11) is -3.64. The zero-order chi connectivity index (χ0) is 23.1. The molecular weight excluding hydrogens is 442 g/mol. The molecule has 1 saturated carbocycles. The Hall–Kier alpha value is -1.35. The summed E-state index contributed by atoms with van der Waals surface area (Å²) < 4.78 is 31.9. The molecule has 31 heavy (non-hydrogen) atoms. The van der Waals surface area contributed by atoms with E-state index in [9.17, 15) is 18.3 Å². The second-order valence-electron chi connectivity index (χ2n) is 9.64. The summed E-state index contributed by atoms with van der Waals surface area (Å²) in [5, 5.41) is 13.7. The molecule has 0 amide bonds. The molecule has 0 radical (unpaired) electrons. The third kappa shape index (κ3) is 8.25. The minimum absolute atomic E-state index is 0.148. The Morgan fingerprint density at radius 2 is 1.94 bits per heavy atom. The third-order valence-electron chi connectivity index (χ3n) is 6.01. The molecule has 1 fully saturated rings. The molecule has 0 aliphatic heterocycles. The number of carboxylic acid groups (broad SMARTS) is 1. The Morgan fingerprint density at radius 3 is 2.52 bits per heavy atom. The van der Waals surface area contributed by atoms with E-state index >= 15 is 0 Å². The summed E-state index contributed by atoms with van der Waals surface area (Å²) in [4.78, 5) is 16.4. The lowest BCUT2D eigenvalue weighted by Crippen LogP contribution is -2.34. The molecule has 0 bridgehead atoms. The van der Waals surface area contributed by atoms with Crippen molar-refractivity contribution < 1.29 is 22.8 Å². The fourth-order valence-electron chi connectivity index (χ4n) is 4.54. The number of aliphatic carboxylic acids is 1. The fourth-order valence-corrected chi connectivity index (χ4v) is 5.82. The van der Waals surface area contributed by atoms with Gasteiger partial charge in [0.25, 0.3) is 5.95 Å². The van der Waals surface area contributed by atoms with Crippen LogP contribution in [0.5, 0.6) is 0 Å². The summed E-state index contributed by atoms with van der Waals surface area (Å²) in [5.41, 5.74) is -0.532. The first kappa shape index (κ1) is 25.9. The number of sulfonamides is 1. The van der Waals surface area contributed by atoms with E-state index in [2.05, 4.69) is 14.9 Å². The van der Waals surface area contributed by atoms with Crippen LogP contribution in [-0.2, 0) is 14.8 Å². The molecule has 1 aliphatic rings. The van der Waals surface area contributed by atoms with E-state index in [4.69, 9.17) is 16.1 Å². The average Bonchev–Trinajstić information content (AvgIpc) is 3.12. The minimum atomic E-state index is -3.64. The Balaban J connectivity index is 2.17. The molecule has 2 N–H and O–H groups in total. The number of carbonyl (C=O) groups is 1. The monoisotopic (exact) mass is 477 g/mol. The van der Waals surface area contributed by atoms with E-state index in [-0.39, 0.29) is 23.5 Å². The van der Waals surface area contributed by atoms with E-state index in [1.165, 1.54) is 32.1 Å². The van der Waals surface area contributed by atoms with Crippen molar-refractivity contribution in [2.45, 2.75) is 84.5 Å². The second-order valence-corrected chi connectivity index (χ2v) is 11.9. The van der Waals surface area contributed by atoms with Gasteiger partial charge in [-0.1, -0.05) is 65.7 Å². The molecule has 1 heterocycles. The highest BCUT2D eigenvalue weighted by atomic mass is 35.5. The van der Waals surface area contributed by atoms with Gasteiger partial charge >= 0.3 is 5.97 Å². The van der Waals surface area contributed by atoms with E-state index in [1.807, 2.05) is 20.8 Å². The van der Waals surface area contributed by atoms with Crippen molar-refractivity contribution in [1.29, 1.82) is 0 Å². The van der Waals surface area contributed by atoms with Crippen molar-refractivity contribution in [3.05, 3.63) is 5.89 Å². The zero-order valence-corrected chi connectivity index (χ0v) is 20.3. The van der Waals surface area contributed by atoms with Crippen LogP contribution in [0.2, 0.25) is 0 Å². The number of halogens is 1. The highest BCUT2D eigenvalue weighted by Crippen LogP contribution is 2.41. The van der Waals surface area contributed by atoms with E-state index in [0.29, 0.717) is 18.8 Å². The van der Waals surface area contributed by atoms with E-state index in [0.717, 1.165) is 12.8 Å². The number of nitrogens with zero attached hydrogens (tertiary/aromatic N) is 2. The highest BCUT2D eigenvalue weighted by molar-refractivity contribution is 7.92. The SMILES string of the molecule is CC(C)(C)C(C(=O)O)[C@@H](CCCC1CCCCC1)c1nc(NS(=O)(=O)CCCCl)no1. The van der Waals surface area contributed by atoms with Crippen LogP contribution >= 0.6 is 11.6 Å². The first-order valence-corrected chi connectivity index (χ1v) is 13.3. The number of nitrogens with one attached hydrogen (secondary N) is 1. The van der Waals surface area contributed by atoms with Crippen molar-refractivity contribution in [3.63, 3.8) is 0 Å². The molecule has 0 saturated heterocycles. The molecule has 10 heteroatoms. The quantitative estimate of drug-likeness (QED) is 0.405. The molecule has 0 spiro atoms. The predicted molar refractivity (Wildman–Crippen MR) is 121 cm³/mol. The number of anilines is 1. The maximum atomic E-state index is 12.2. The van der Waals surface area contributed by atoms with Crippen LogP contribution in [-0.4, -0.2) is 41.3 Å². The van der Waals surface area contributed by atoms with Gasteiger partial charge < -0.3 is 9.63 Å². The number of hydrogen-bond donors (Lipinski definition) is 2. The van der Waals surface area contributed by atoms with E-state index < -0.39 is 33.2 Å². The Bertz CT molecular complexity index is 800.